The molecule has 0 aliphatic carbocycles. The molecular formula is C12H13ClN2O3S. The second-order valence-corrected chi connectivity index (χ2v) is 5.41. The van der Waals surface area contributed by atoms with E-state index in [1.54, 1.807) is 30.3 Å². The lowest BCUT2D eigenvalue weighted by atomic mass is 10.1. The van der Waals surface area contributed by atoms with Crippen LogP contribution in [0.4, 0.5) is 5.69 Å². The highest BCUT2D eigenvalue weighted by Gasteiger charge is 2.13. The average molecular weight is 301 g/mol. The minimum atomic E-state index is -3.79. The summed E-state index contributed by atoms with van der Waals surface area (Å²) in [4.78, 5) is 11.1. The highest BCUT2D eigenvalue weighted by molar-refractivity contribution is 7.89. The van der Waals surface area contributed by atoms with E-state index in [0.717, 1.165) is 0 Å². The van der Waals surface area contributed by atoms with Crippen LogP contribution >= 0.6 is 12.4 Å². The summed E-state index contributed by atoms with van der Waals surface area (Å²) in [6.45, 7) is 1.39. The van der Waals surface area contributed by atoms with Gasteiger partial charge >= 0.3 is 0 Å². The van der Waals surface area contributed by atoms with Crippen LogP contribution in [0.5, 0.6) is 0 Å². The smallest absolute Gasteiger partial charge is 0.238 e. The molecule has 0 aliphatic rings. The number of carbonyl (C=O) groups excluding carboxylic acids is 1. The molecule has 0 atom stereocenters. The number of nitrogens with two attached hydrogens (primary N) is 1. The van der Waals surface area contributed by atoms with Gasteiger partial charge in [-0.1, -0.05) is 24.3 Å². The Morgan fingerprint density at radius 1 is 1.11 bits per heavy atom. The number of sulfonamides is 1. The van der Waals surface area contributed by atoms with Crippen LogP contribution in [0.1, 0.15) is 6.92 Å². The fraction of sp³-hybridized carbons (Fsp3) is 0.0833. The van der Waals surface area contributed by atoms with Gasteiger partial charge in [0.25, 0.3) is 0 Å². The molecule has 2 aromatic rings. The van der Waals surface area contributed by atoms with Gasteiger partial charge in [0.2, 0.25) is 15.9 Å². The first-order chi connectivity index (χ1) is 8.39. The molecule has 0 unspecified atom stereocenters. The topological polar surface area (TPSA) is 89.3 Å². The number of primary sulfonamides is 1. The van der Waals surface area contributed by atoms with Crippen LogP contribution in [0.25, 0.3) is 10.8 Å². The summed E-state index contributed by atoms with van der Waals surface area (Å²) >= 11 is 0. The Bertz CT molecular complexity index is 729. The minimum absolute atomic E-state index is 0. The van der Waals surface area contributed by atoms with Crippen molar-refractivity contribution in [2.24, 2.45) is 5.14 Å². The van der Waals surface area contributed by atoms with E-state index < -0.39 is 10.0 Å². The van der Waals surface area contributed by atoms with Crippen molar-refractivity contribution in [1.29, 1.82) is 0 Å². The van der Waals surface area contributed by atoms with E-state index in [4.69, 9.17) is 5.14 Å². The van der Waals surface area contributed by atoms with E-state index in [-0.39, 0.29) is 23.2 Å². The maximum Gasteiger partial charge on any atom is 0.238 e. The number of benzene rings is 2. The minimum Gasteiger partial charge on any atom is -0.326 e. The van der Waals surface area contributed by atoms with Crippen LogP contribution in [0, 0.1) is 0 Å². The number of fused-ring (bicyclic) bond motifs is 1. The zero-order chi connectivity index (χ0) is 13.3. The maximum absolute atomic E-state index is 11.5. The Hall–Kier alpha value is -1.63. The molecule has 0 bridgehead atoms. The molecule has 0 saturated heterocycles. The summed E-state index contributed by atoms with van der Waals surface area (Å²) in [6, 6.07) is 9.79. The lowest BCUT2D eigenvalue weighted by molar-refractivity contribution is -0.114. The van der Waals surface area contributed by atoms with Gasteiger partial charge in [-0.05, 0) is 12.1 Å². The second-order valence-electron chi connectivity index (χ2n) is 3.88. The fourth-order valence-electron chi connectivity index (χ4n) is 1.83. The van der Waals surface area contributed by atoms with E-state index in [0.29, 0.717) is 16.5 Å². The number of nitrogens with one attached hydrogen (secondary N) is 1. The zero-order valence-corrected chi connectivity index (χ0v) is 11.7. The molecule has 3 N–H and O–H groups in total. The van der Waals surface area contributed by atoms with Crippen molar-refractivity contribution in [2.75, 3.05) is 5.32 Å². The van der Waals surface area contributed by atoms with Crippen LogP contribution in [0.15, 0.2) is 41.3 Å². The molecule has 2 rings (SSSR count). The first kappa shape index (κ1) is 15.4. The summed E-state index contributed by atoms with van der Waals surface area (Å²) in [5.74, 6) is -0.219. The summed E-state index contributed by atoms with van der Waals surface area (Å²) in [6.07, 6.45) is 0. The van der Waals surface area contributed by atoms with Crippen LogP contribution in [0.2, 0.25) is 0 Å². The maximum atomic E-state index is 11.5. The molecule has 0 spiro atoms. The standard InChI is InChI=1S/C12H12N2O3S.ClH/c1-8(15)14-11-6-2-5-10-9(11)4-3-7-12(10)18(13,16)17;/h2-7H,1H3,(H,14,15)(H2,13,16,17);1H. The molecule has 5 nitrogen and oxygen atoms in total. The molecule has 0 heterocycles. The van der Waals surface area contributed by atoms with Crippen molar-refractivity contribution in [2.45, 2.75) is 11.8 Å². The summed E-state index contributed by atoms with van der Waals surface area (Å²) < 4.78 is 22.9. The monoisotopic (exact) mass is 300 g/mol. The normalized spacial score (nSPS) is 10.8. The predicted octanol–water partition coefficient (Wildman–Crippen LogP) is 1.87. The second kappa shape index (κ2) is 5.56. The number of halogens is 1. The van der Waals surface area contributed by atoms with E-state index in [2.05, 4.69) is 5.32 Å². The van der Waals surface area contributed by atoms with Gasteiger partial charge in [0.1, 0.15) is 0 Å². The zero-order valence-electron chi connectivity index (χ0n) is 10.1. The highest BCUT2D eigenvalue weighted by atomic mass is 35.5. The molecule has 0 aliphatic heterocycles. The number of hydrogen-bond donors (Lipinski definition) is 2. The molecular weight excluding hydrogens is 288 g/mol. The molecule has 2 aromatic carbocycles. The lowest BCUT2D eigenvalue weighted by Crippen LogP contribution is -2.13. The molecule has 0 saturated carbocycles. The van der Waals surface area contributed by atoms with Crippen molar-refractivity contribution >= 4 is 44.8 Å². The molecule has 0 aromatic heterocycles. The third-order valence-corrected chi connectivity index (χ3v) is 3.47. The number of rotatable bonds is 2. The first-order valence-electron chi connectivity index (χ1n) is 5.22. The predicted molar refractivity (Wildman–Crippen MR) is 76.9 cm³/mol. The van der Waals surface area contributed by atoms with Crippen molar-refractivity contribution < 1.29 is 13.2 Å². The van der Waals surface area contributed by atoms with Crippen LogP contribution in [-0.2, 0) is 14.8 Å². The highest BCUT2D eigenvalue weighted by Crippen LogP contribution is 2.28. The summed E-state index contributed by atoms with van der Waals surface area (Å²) in [5, 5.41) is 8.94. The molecule has 7 heteroatoms. The molecule has 102 valence electrons. The van der Waals surface area contributed by atoms with Gasteiger partial charge in [-0.25, -0.2) is 13.6 Å². The van der Waals surface area contributed by atoms with Gasteiger partial charge in [-0.3, -0.25) is 4.79 Å². The number of hydrogen-bond acceptors (Lipinski definition) is 3. The van der Waals surface area contributed by atoms with Gasteiger partial charge in [-0.2, -0.15) is 0 Å². The lowest BCUT2D eigenvalue weighted by Gasteiger charge is -2.09. The SMILES string of the molecule is CC(=O)Nc1cccc2c(S(N)(=O)=O)cccc12.Cl. The van der Waals surface area contributed by atoms with E-state index >= 15 is 0 Å². The third-order valence-electron chi connectivity index (χ3n) is 2.50. The fourth-order valence-corrected chi connectivity index (χ4v) is 2.58. The van der Waals surface area contributed by atoms with Crippen LogP contribution in [0.3, 0.4) is 0 Å². The number of anilines is 1. The van der Waals surface area contributed by atoms with Gasteiger partial charge in [0, 0.05) is 23.4 Å². The van der Waals surface area contributed by atoms with E-state index in [1.807, 2.05) is 0 Å². The van der Waals surface area contributed by atoms with Crippen LogP contribution in [-0.4, -0.2) is 14.3 Å². The summed E-state index contributed by atoms with van der Waals surface area (Å²) in [5.41, 5.74) is 0.561. The molecule has 0 radical (unpaired) electrons. The Labute approximate surface area is 117 Å². The Kier molecular flexibility index (Phi) is 4.52. The van der Waals surface area contributed by atoms with Gasteiger partial charge < -0.3 is 5.32 Å². The van der Waals surface area contributed by atoms with E-state index in [9.17, 15) is 13.2 Å². The Morgan fingerprint density at radius 2 is 1.68 bits per heavy atom. The van der Waals surface area contributed by atoms with Gasteiger partial charge in [-0.15, -0.1) is 12.4 Å². The quantitative estimate of drug-likeness (QED) is 0.887. The third kappa shape index (κ3) is 3.23. The van der Waals surface area contributed by atoms with Crippen molar-refractivity contribution in [3.8, 4) is 0 Å². The largest absolute Gasteiger partial charge is 0.326 e. The van der Waals surface area contributed by atoms with Crippen molar-refractivity contribution in [3.05, 3.63) is 36.4 Å². The molecule has 1 amide bonds. The van der Waals surface area contributed by atoms with Crippen molar-refractivity contribution in [1.82, 2.24) is 0 Å². The van der Waals surface area contributed by atoms with Crippen LogP contribution < -0.4 is 10.5 Å². The summed E-state index contributed by atoms with van der Waals surface area (Å²) in [7, 11) is -3.79. The van der Waals surface area contributed by atoms with E-state index in [1.165, 1.54) is 13.0 Å². The molecule has 19 heavy (non-hydrogen) atoms. The average Bonchev–Trinajstić information content (AvgIpc) is 2.26. The first-order valence-corrected chi connectivity index (χ1v) is 6.76. The Morgan fingerprint density at radius 3 is 2.26 bits per heavy atom. The molecule has 0 fully saturated rings. The number of amides is 1. The Balaban J connectivity index is 0.00000180. The number of carbonyl (C=O) groups is 1. The van der Waals surface area contributed by atoms with Crippen molar-refractivity contribution in [3.63, 3.8) is 0 Å². The van der Waals surface area contributed by atoms with Gasteiger partial charge in [0.15, 0.2) is 0 Å². The van der Waals surface area contributed by atoms with Gasteiger partial charge in [0.05, 0.1) is 4.90 Å².